The van der Waals surface area contributed by atoms with Crippen LogP contribution in [0.4, 0.5) is 0 Å². The van der Waals surface area contributed by atoms with E-state index < -0.39 is 11.4 Å². The standard InChI is InChI=1S/C21H30N2OS/c1-20(2,3)25(24)22-21(12-11-18-9-10-18)13-15-23(16-14-21)17-19-7-5-4-6-8-19/h4-8,18,22H,9-10,13-17H2,1-3H3. The van der Waals surface area contributed by atoms with E-state index in [4.69, 9.17) is 0 Å². The van der Waals surface area contributed by atoms with Gasteiger partial charge in [0.1, 0.15) is 10.3 Å². The second-order valence-corrected chi connectivity index (χ2v) is 10.3. The highest BCUT2D eigenvalue weighted by molar-refractivity contribution is 7.90. The summed E-state index contributed by atoms with van der Waals surface area (Å²) < 4.78 is 15.8. The molecule has 1 saturated carbocycles. The smallest absolute Gasteiger partial charge is 0.137 e. The van der Waals surface area contributed by atoms with Gasteiger partial charge < -0.3 is 4.55 Å². The summed E-state index contributed by atoms with van der Waals surface area (Å²) in [5.41, 5.74) is 1.05. The minimum absolute atomic E-state index is 0.268. The first-order chi connectivity index (χ1) is 11.9. The van der Waals surface area contributed by atoms with Crippen LogP contribution in [0.2, 0.25) is 0 Å². The van der Waals surface area contributed by atoms with Crippen molar-refractivity contribution in [3.8, 4) is 11.8 Å². The van der Waals surface area contributed by atoms with Crippen LogP contribution in [0.5, 0.6) is 0 Å². The Labute approximate surface area is 155 Å². The minimum Gasteiger partial charge on any atom is -0.598 e. The molecule has 0 spiro atoms. The highest BCUT2D eigenvalue weighted by atomic mass is 32.2. The molecule has 25 heavy (non-hydrogen) atoms. The van der Waals surface area contributed by atoms with Gasteiger partial charge in [-0.25, -0.2) is 0 Å². The first kappa shape index (κ1) is 18.8. The monoisotopic (exact) mass is 358 g/mol. The van der Waals surface area contributed by atoms with Gasteiger partial charge in [0.2, 0.25) is 0 Å². The summed E-state index contributed by atoms with van der Waals surface area (Å²) in [4.78, 5) is 2.48. The third-order valence-corrected chi connectivity index (χ3v) is 6.58. The molecule has 2 aliphatic rings. The molecule has 4 heteroatoms. The van der Waals surface area contributed by atoms with E-state index in [2.05, 4.69) is 51.8 Å². The molecule has 1 aromatic rings. The molecule has 1 N–H and O–H groups in total. The Morgan fingerprint density at radius 2 is 1.84 bits per heavy atom. The summed E-state index contributed by atoms with van der Waals surface area (Å²) in [5.74, 6) is 7.50. The van der Waals surface area contributed by atoms with Crippen molar-refractivity contribution in [3.63, 3.8) is 0 Å². The highest BCUT2D eigenvalue weighted by Crippen LogP contribution is 2.30. The van der Waals surface area contributed by atoms with Gasteiger partial charge in [0, 0.05) is 36.9 Å². The van der Waals surface area contributed by atoms with Gasteiger partial charge in [-0.3, -0.25) is 4.90 Å². The lowest BCUT2D eigenvalue weighted by Gasteiger charge is -2.40. The molecule has 1 atom stereocenters. The Hall–Kier alpha value is -0.990. The summed E-state index contributed by atoms with van der Waals surface area (Å²) in [7, 11) is 0. The lowest BCUT2D eigenvalue weighted by Crippen LogP contribution is -2.57. The van der Waals surface area contributed by atoms with Gasteiger partial charge >= 0.3 is 0 Å². The van der Waals surface area contributed by atoms with E-state index in [0.29, 0.717) is 5.92 Å². The maximum absolute atomic E-state index is 12.7. The Bertz CT molecular complexity index is 617. The number of nitrogens with one attached hydrogen (secondary N) is 1. The van der Waals surface area contributed by atoms with Crippen molar-refractivity contribution in [2.45, 2.75) is 63.3 Å². The Morgan fingerprint density at radius 1 is 1.20 bits per heavy atom. The van der Waals surface area contributed by atoms with Crippen LogP contribution in [0.1, 0.15) is 52.0 Å². The fraction of sp³-hybridized carbons (Fsp3) is 0.619. The zero-order valence-electron chi connectivity index (χ0n) is 15.7. The molecule has 136 valence electrons. The van der Waals surface area contributed by atoms with Crippen molar-refractivity contribution in [2.24, 2.45) is 5.92 Å². The van der Waals surface area contributed by atoms with E-state index in [1.807, 2.05) is 20.8 Å². The van der Waals surface area contributed by atoms with Crippen LogP contribution in [0.15, 0.2) is 30.3 Å². The van der Waals surface area contributed by atoms with Crippen LogP contribution in [0.25, 0.3) is 0 Å². The van der Waals surface area contributed by atoms with Crippen molar-refractivity contribution in [3.05, 3.63) is 35.9 Å². The second kappa shape index (κ2) is 7.72. The number of nitrogens with zero attached hydrogens (tertiary/aromatic N) is 1. The fourth-order valence-corrected chi connectivity index (χ4v) is 3.90. The van der Waals surface area contributed by atoms with Crippen molar-refractivity contribution in [1.29, 1.82) is 0 Å². The van der Waals surface area contributed by atoms with E-state index in [0.717, 1.165) is 32.5 Å². The molecule has 1 aliphatic carbocycles. The molecule has 1 unspecified atom stereocenters. The predicted octanol–water partition coefficient (Wildman–Crippen LogP) is 3.49. The molecule has 0 aromatic heterocycles. The molecule has 0 amide bonds. The molecule has 1 aliphatic heterocycles. The van der Waals surface area contributed by atoms with Gasteiger partial charge in [-0.1, -0.05) is 42.2 Å². The minimum atomic E-state index is -1.09. The number of rotatable bonds is 4. The molecule has 1 heterocycles. The summed E-state index contributed by atoms with van der Waals surface area (Å²) in [5, 5.41) is 0. The lowest BCUT2D eigenvalue weighted by molar-refractivity contribution is 0.174. The average Bonchev–Trinajstić information content (AvgIpc) is 3.40. The van der Waals surface area contributed by atoms with Gasteiger partial charge in [-0.05, 0) is 52.0 Å². The molecule has 3 nitrogen and oxygen atoms in total. The van der Waals surface area contributed by atoms with E-state index in [-0.39, 0.29) is 10.3 Å². The van der Waals surface area contributed by atoms with Crippen molar-refractivity contribution >= 4 is 11.4 Å². The van der Waals surface area contributed by atoms with E-state index in [1.54, 1.807) is 0 Å². The Morgan fingerprint density at radius 3 is 2.40 bits per heavy atom. The molecule has 0 bridgehead atoms. The van der Waals surface area contributed by atoms with Crippen molar-refractivity contribution < 1.29 is 4.55 Å². The number of piperidine rings is 1. The van der Waals surface area contributed by atoms with Crippen LogP contribution in [0.3, 0.4) is 0 Å². The van der Waals surface area contributed by atoms with E-state index in [9.17, 15) is 4.55 Å². The average molecular weight is 359 g/mol. The van der Waals surface area contributed by atoms with Gasteiger partial charge in [-0.15, -0.1) is 4.72 Å². The molecular weight excluding hydrogens is 328 g/mol. The SMILES string of the molecule is CC(C)(C)[S+]([O-])NC1(C#CC2CC2)CCN(Cc2ccccc2)CC1. The first-order valence-corrected chi connectivity index (χ1v) is 10.5. The van der Waals surface area contributed by atoms with Crippen LogP contribution < -0.4 is 4.72 Å². The summed E-state index contributed by atoms with van der Waals surface area (Å²) in [6, 6.07) is 10.6. The van der Waals surface area contributed by atoms with E-state index in [1.165, 1.54) is 18.4 Å². The highest BCUT2D eigenvalue weighted by Gasteiger charge is 2.40. The van der Waals surface area contributed by atoms with Gasteiger partial charge in [-0.2, -0.15) is 0 Å². The Kier molecular flexibility index (Phi) is 5.80. The zero-order chi connectivity index (χ0) is 17.9. The largest absolute Gasteiger partial charge is 0.598 e. The predicted molar refractivity (Wildman–Crippen MR) is 105 cm³/mol. The van der Waals surface area contributed by atoms with Crippen molar-refractivity contribution in [2.75, 3.05) is 13.1 Å². The fourth-order valence-electron chi connectivity index (χ4n) is 2.99. The first-order valence-electron chi connectivity index (χ1n) is 9.35. The summed E-state index contributed by atoms with van der Waals surface area (Å²) in [6.07, 6.45) is 4.32. The topological polar surface area (TPSA) is 38.3 Å². The number of benzene rings is 1. The third kappa shape index (κ3) is 5.49. The van der Waals surface area contributed by atoms with Crippen LogP contribution in [-0.2, 0) is 17.9 Å². The van der Waals surface area contributed by atoms with Gasteiger partial charge in [0.25, 0.3) is 0 Å². The maximum Gasteiger partial charge on any atom is 0.137 e. The van der Waals surface area contributed by atoms with E-state index >= 15 is 0 Å². The van der Waals surface area contributed by atoms with Crippen LogP contribution >= 0.6 is 0 Å². The second-order valence-electron chi connectivity index (χ2n) is 8.37. The molecule has 2 fully saturated rings. The lowest BCUT2D eigenvalue weighted by atomic mass is 9.89. The molecule has 1 saturated heterocycles. The number of hydrogen-bond acceptors (Lipinski definition) is 3. The quantitative estimate of drug-likeness (QED) is 0.661. The van der Waals surface area contributed by atoms with Crippen LogP contribution in [0, 0.1) is 17.8 Å². The summed E-state index contributed by atoms with van der Waals surface area (Å²) >= 11 is -1.09. The molecule has 3 rings (SSSR count). The van der Waals surface area contributed by atoms with Gasteiger partial charge in [0.15, 0.2) is 0 Å². The number of hydrogen-bond donors (Lipinski definition) is 1. The Balaban J connectivity index is 1.65. The van der Waals surface area contributed by atoms with Gasteiger partial charge in [0.05, 0.1) is 0 Å². The third-order valence-electron chi connectivity index (χ3n) is 4.90. The van der Waals surface area contributed by atoms with Crippen molar-refractivity contribution in [1.82, 2.24) is 9.62 Å². The number of likely N-dealkylation sites (tertiary alicyclic amines) is 1. The molecule has 1 aromatic carbocycles. The normalized spacial score (nSPS) is 22.1. The summed E-state index contributed by atoms with van der Waals surface area (Å²) in [6.45, 7) is 9.01. The maximum atomic E-state index is 12.7. The molecule has 0 radical (unpaired) electrons. The molecular formula is C21H30N2OS. The zero-order valence-corrected chi connectivity index (χ0v) is 16.5. The van der Waals surface area contributed by atoms with Crippen LogP contribution in [-0.4, -0.2) is 32.8 Å².